The molecule has 0 amide bonds. The lowest BCUT2D eigenvalue weighted by Crippen LogP contribution is -2.56. The molecule has 2 aliphatic heterocycles. The Balaban J connectivity index is 1.03. The predicted octanol–water partition coefficient (Wildman–Crippen LogP) is 7.11. The summed E-state index contributed by atoms with van der Waals surface area (Å²) in [7, 11) is 0. The third-order valence-electron chi connectivity index (χ3n) is 13.6. The number of hydrogen-bond donors (Lipinski definition) is 0. The number of ether oxygens (including phenoxy) is 2. The number of nitrogens with zero attached hydrogens (tertiary/aromatic N) is 2. The van der Waals surface area contributed by atoms with E-state index in [0.29, 0.717) is 11.5 Å². The van der Waals surface area contributed by atoms with E-state index in [1.165, 1.54) is 109 Å². The lowest BCUT2D eigenvalue weighted by molar-refractivity contribution is -0.185. The molecule has 1 unspecified atom stereocenters. The van der Waals surface area contributed by atoms with Crippen molar-refractivity contribution in [3.05, 3.63) is 24.2 Å². The van der Waals surface area contributed by atoms with Gasteiger partial charge in [0, 0.05) is 24.1 Å². The Bertz CT molecular complexity index is 971. The average Bonchev–Trinajstić information content (AvgIpc) is 3.77. The Hall–Kier alpha value is -0.880. The van der Waals surface area contributed by atoms with Gasteiger partial charge in [0.15, 0.2) is 0 Å². The van der Waals surface area contributed by atoms with Gasteiger partial charge in [-0.25, -0.2) is 0 Å². The number of rotatable bonds is 9. The predicted molar refractivity (Wildman–Crippen MR) is 159 cm³/mol. The van der Waals surface area contributed by atoms with Gasteiger partial charge in [-0.05, 0) is 145 Å². The highest BCUT2D eigenvalue weighted by atomic mass is 16.5. The van der Waals surface area contributed by atoms with Crippen LogP contribution in [0, 0.1) is 34.5 Å². The third-order valence-corrected chi connectivity index (χ3v) is 13.6. The molecule has 0 bridgehead atoms. The monoisotopic (exact) mass is 552 g/mol. The molecule has 0 N–H and O–H groups in total. The molecular formula is C35H56N2O3. The molecule has 5 heteroatoms. The van der Waals surface area contributed by atoms with Gasteiger partial charge in [0.05, 0.1) is 31.8 Å². The summed E-state index contributed by atoms with van der Waals surface area (Å²) in [5, 5.41) is 0. The van der Waals surface area contributed by atoms with Gasteiger partial charge in [0.1, 0.15) is 5.60 Å². The summed E-state index contributed by atoms with van der Waals surface area (Å²) >= 11 is 0. The maximum Gasteiger partial charge on any atom is 0.102 e. The van der Waals surface area contributed by atoms with Crippen molar-refractivity contribution in [3.8, 4) is 0 Å². The van der Waals surface area contributed by atoms with E-state index in [9.17, 15) is 0 Å². The van der Waals surface area contributed by atoms with E-state index in [1.807, 2.05) is 12.5 Å². The van der Waals surface area contributed by atoms with E-state index in [0.717, 1.165) is 56.4 Å². The summed E-state index contributed by atoms with van der Waals surface area (Å²) in [6.07, 6.45) is 21.8. The number of fused-ring (bicyclic) bond motifs is 5. The van der Waals surface area contributed by atoms with Crippen molar-refractivity contribution in [2.45, 2.75) is 109 Å². The van der Waals surface area contributed by atoms with Gasteiger partial charge in [-0.3, -0.25) is 0 Å². The van der Waals surface area contributed by atoms with Crippen molar-refractivity contribution in [1.29, 1.82) is 0 Å². The highest BCUT2D eigenvalue weighted by Crippen LogP contribution is 2.71. The van der Waals surface area contributed by atoms with Crippen LogP contribution in [0.4, 0.5) is 0 Å². The van der Waals surface area contributed by atoms with Crippen LogP contribution in [-0.2, 0) is 15.1 Å². The summed E-state index contributed by atoms with van der Waals surface area (Å²) in [6.45, 7) is 14.4. The molecule has 5 nitrogen and oxygen atoms in total. The first kappa shape index (κ1) is 27.9. The van der Waals surface area contributed by atoms with E-state index in [1.54, 1.807) is 0 Å². The van der Waals surface area contributed by atoms with Gasteiger partial charge in [0.25, 0.3) is 0 Å². The minimum atomic E-state index is -0.187. The Labute approximate surface area is 243 Å². The van der Waals surface area contributed by atoms with Gasteiger partial charge in [-0.1, -0.05) is 13.8 Å². The fourth-order valence-electron chi connectivity index (χ4n) is 11.4. The van der Waals surface area contributed by atoms with Gasteiger partial charge < -0.3 is 23.7 Å². The van der Waals surface area contributed by atoms with Gasteiger partial charge in [-0.2, -0.15) is 0 Å². The van der Waals surface area contributed by atoms with Crippen LogP contribution in [0.2, 0.25) is 0 Å². The first-order valence-corrected chi connectivity index (χ1v) is 17.2. The Kier molecular flexibility index (Phi) is 7.90. The Morgan fingerprint density at radius 3 is 2.27 bits per heavy atom. The molecule has 0 radical (unpaired) electrons. The standard InChI is InChI=1S/C35H56N2O3/c1-33-13-9-29(39-23-20-36-16-3-4-17-36)25-27(33)7-8-30-31(33)10-14-34(2)32(30)11-15-35(34,28-12-22-38-26-28)40-24-21-37-18-5-6-19-37/h12,22,26-27,29-32H,3-11,13-21,23-25H2,1-2H3/t27?,29-,30+,31-,32-,33-,34-,35-/m0/s1. The quantitative estimate of drug-likeness (QED) is 0.326. The fraction of sp³-hybridized carbons (Fsp3) is 0.886. The molecule has 6 fully saturated rings. The molecule has 4 aliphatic carbocycles. The van der Waals surface area contributed by atoms with Crippen LogP contribution in [-0.4, -0.2) is 68.4 Å². The third kappa shape index (κ3) is 4.74. The van der Waals surface area contributed by atoms with Crippen molar-refractivity contribution in [1.82, 2.24) is 9.80 Å². The van der Waals surface area contributed by atoms with E-state index in [2.05, 4.69) is 29.7 Å². The average molecular weight is 553 g/mol. The summed E-state index contributed by atoms with van der Waals surface area (Å²) in [5.74, 6) is 3.34. The Morgan fingerprint density at radius 1 is 0.825 bits per heavy atom. The molecule has 40 heavy (non-hydrogen) atoms. The zero-order valence-corrected chi connectivity index (χ0v) is 25.6. The molecule has 0 spiro atoms. The molecule has 0 aromatic carbocycles. The van der Waals surface area contributed by atoms with Crippen LogP contribution in [0.3, 0.4) is 0 Å². The minimum absolute atomic E-state index is 0.187. The minimum Gasteiger partial charge on any atom is -0.472 e. The zero-order valence-electron chi connectivity index (χ0n) is 25.6. The maximum absolute atomic E-state index is 7.15. The molecule has 8 atom stereocenters. The molecule has 2 saturated heterocycles. The molecule has 224 valence electrons. The van der Waals surface area contributed by atoms with Gasteiger partial charge in [-0.15, -0.1) is 0 Å². The SMILES string of the molecule is C[C@]12CC[C@H](OCCN3CCCC3)CC1CC[C@@H]1[C@@H]2CC[C@@]2(C)[C@H]1CC[C@]2(OCCN1CCCC1)c1ccoc1. The van der Waals surface area contributed by atoms with E-state index in [-0.39, 0.29) is 11.0 Å². The highest BCUT2D eigenvalue weighted by Gasteiger charge is 2.66. The fourth-order valence-corrected chi connectivity index (χ4v) is 11.4. The van der Waals surface area contributed by atoms with Gasteiger partial charge >= 0.3 is 0 Å². The van der Waals surface area contributed by atoms with Crippen LogP contribution in [0.15, 0.2) is 23.0 Å². The molecule has 4 saturated carbocycles. The topological polar surface area (TPSA) is 38.1 Å². The van der Waals surface area contributed by atoms with Crippen LogP contribution >= 0.6 is 0 Å². The smallest absolute Gasteiger partial charge is 0.102 e. The molecule has 6 aliphatic rings. The van der Waals surface area contributed by atoms with E-state index in [4.69, 9.17) is 13.9 Å². The molecular weight excluding hydrogens is 496 g/mol. The lowest BCUT2D eigenvalue weighted by Gasteiger charge is -2.62. The van der Waals surface area contributed by atoms with Crippen LogP contribution in [0.1, 0.15) is 103 Å². The first-order valence-electron chi connectivity index (χ1n) is 17.2. The summed E-state index contributed by atoms with van der Waals surface area (Å²) in [4.78, 5) is 5.20. The molecule has 1 aromatic heterocycles. The van der Waals surface area contributed by atoms with Crippen molar-refractivity contribution >= 4 is 0 Å². The number of likely N-dealkylation sites (tertiary alicyclic amines) is 2. The van der Waals surface area contributed by atoms with Crippen molar-refractivity contribution in [3.63, 3.8) is 0 Å². The second-order valence-corrected chi connectivity index (χ2v) is 15.2. The summed E-state index contributed by atoms with van der Waals surface area (Å²) in [6, 6.07) is 2.22. The van der Waals surface area contributed by atoms with Gasteiger partial charge in [0.2, 0.25) is 0 Å². The van der Waals surface area contributed by atoms with E-state index >= 15 is 0 Å². The normalized spacial score (nSPS) is 44.0. The van der Waals surface area contributed by atoms with Crippen LogP contribution in [0.25, 0.3) is 0 Å². The van der Waals surface area contributed by atoms with Crippen LogP contribution in [0.5, 0.6) is 0 Å². The summed E-state index contributed by atoms with van der Waals surface area (Å²) < 4.78 is 19.4. The van der Waals surface area contributed by atoms with Crippen LogP contribution < -0.4 is 0 Å². The number of furan rings is 1. The Morgan fingerprint density at radius 2 is 1.55 bits per heavy atom. The van der Waals surface area contributed by atoms with Crippen molar-refractivity contribution < 1.29 is 13.9 Å². The second-order valence-electron chi connectivity index (χ2n) is 15.2. The molecule has 1 aromatic rings. The molecule has 7 rings (SSSR count). The highest BCUT2D eigenvalue weighted by molar-refractivity contribution is 5.27. The number of hydrogen-bond acceptors (Lipinski definition) is 5. The van der Waals surface area contributed by atoms with Crippen molar-refractivity contribution in [2.24, 2.45) is 34.5 Å². The summed E-state index contributed by atoms with van der Waals surface area (Å²) in [5.41, 5.74) is 1.82. The maximum atomic E-state index is 7.15. The zero-order chi connectivity index (χ0) is 27.2. The van der Waals surface area contributed by atoms with Crippen molar-refractivity contribution in [2.75, 3.05) is 52.5 Å². The second kappa shape index (κ2) is 11.3. The first-order chi connectivity index (χ1) is 19.5. The molecule has 3 heterocycles. The van der Waals surface area contributed by atoms with E-state index < -0.39 is 0 Å². The lowest BCUT2D eigenvalue weighted by atomic mass is 9.44. The largest absolute Gasteiger partial charge is 0.472 e.